The molecule has 6 heteroatoms. The van der Waals surface area contributed by atoms with Crippen molar-refractivity contribution in [1.29, 1.82) is 0 Å². The smallest absolute Gasteiger partial charge is 0.258 e. The number of rotatable bonds is 7. The van der Waals surface area contributed by atoms with Crippen molar-refractivity contribution in [2.75, 3.05) is 19.0 Å². The Morgan fingerprint density at radius 2 is 1.68 bits per heavy atom. The lowest BCUT2D eigenvalue weighted by atomic mass is 10.1. The van der Waals surface area contributed by atoms with E-state index >= 15 is 0 Å². The van der Waals surface area contributed by atoms with Crippen LogP contribution in [0.3, 0.4) is 0 Å². The highest BCUT2D eigenvalue weighted by Gasteiger charge is 2.14. The van der Waals surface area contributed by atoms with E-state index in [1.807, 2.05) is 31.2 Å². The second-order valence-electron chi connectivity index (χ2n) is 5.50. The number of ether oxygens (including phenoxy) is 2. The van der Waals surface area contributed by atoms with E-state index < -0.39 is 0 Å². The molecule has 1 atom stereocenters. The number of carbonyl (C=O) groups is 2. The molecule has 0 fully saturated rings. The van der Waals surface area contributed by atoms with E-state index in [0.717, 1.165) is 5.56 Å². The molecule has 0 aromatic heterocycles. The number of anilines is 1. The number of benzene rings is 2. The topological polar surface area (TPSA) is 76.7 Å². The molecule has 6 nitrogen and oxygen atoms in total. The summed E-state index contributed by atoms with van der Waals surface area (Å²) in [6, 6.07) is 14.2. The van der Waals surface area contributed by atoms with Crippen molar-refractivity contribution in [2.45, 2.75) is 19.9 Å². The van der Waals surface area contributed by atoms with Gasteiger partial charge < -0.3 is 20.1 Å². The highest BCUT2D eigenvalue weighted by atomic mass is 16.5. The molecule has 2 rings (SSSR count). The highest BCUT2D eigenvalue weighted by molar-refractivity contribution is 5.90. The minimum Gasteiger partial charge on any atom is -0.496 e. The van der Waals surface area contributed by atoms with Crippen LogP contribution < -0.4 is 20.1 Å². The number of methoxy groups -OCH3 is 1. The quantitative estimate of drug-likeness (QED) is 0.811. The molecule has 25 heavy (non-hydrogen) atoms. The lowest BCUT2D eigenvalue weighted by molar-refractivity contribution is -0.123. The zero-order chi connectivity index (χ0) is 18.2. The molecule has 0 spiro atoms. The highest BCUT2D eigenvalue weighted by Crippen LogP contribution is 2.25. The maximum atomic E-state index is 12.2. The van der Waals surface area contributed by atoms with Gasteiger partial charge in [-0.25, -0.2) is 0 Å². The van der Waals surface area contributed by atoms with E-state index in [-0.39, 0.29) is 24.5 Å². The van der Waals surface area contributed by atoms with Gasteiger partial charge in [-0.15, -0.1) is 0 Å². The van der Waals surface area contributed by atoms with Crippen LogP contribution in [0.2, 0.25) is 0 Å². The second-order valence-corrected chi connectivity index (χ2v) is 5.50. The fraction of sp³-hybridized carbons (Fsp3) is 0.263. The van der Waals surface area contributed by atoms with Crippen LogP contribution in [0.1, 0.15) is 25.5 Å². The normalized spacial score (nSPS) is 11.3. The summed E-state index contributed by atoms with van der Waals surface area (Å²) in [5, 5.41) is 5.54. The molecule has 0 radical (unpaired) electrons. The molecule has 2 N–H and O–H groups in total. The third-order valence-corrected chi connectivity index (χ3v) is 3.54. The monoisotopic (exact) mass is 342 g/mol. The van der Waals surface area contributed by atoms with E-state index in [4.69, 9.17) is 9.47 Å². The van der Waals surface area contributed by atoms with Crippen LogP contribution in [0.15, 0.2) is 48.5 Å². The molecule has 2 amide bonds. The summed E-state index contributed by atoms with van der Waals surface area (Å²) in [6.07, 6.45) is 0. The summed E-state index contributed by atoms with van der Waals surface area (Å²) < 4.78 is 10.8. The molecule has 0 saturated heterocycles. The van der Waals surface area contributed by atoms with E-state index in [9.17, 15) is 9.59 Å². The van der Waals surface area contributed by atoms with Gasteiger partial charge in [0.05, 0.1) is 18.8 Å². The van der Waals surface area contributed by atoms with Crippen LogP contribution in [0.25, 0.3) is 0 Å². The minimum absolute atomic E-state index is 0.157. The summed E-state index contributed by atoms with van der Waals surface area (Å²) in [5.74, 6) is 0.686. The summed E-state index contributed by atoms with van der Waals surface area (Å²) in [5.41, 5.74) is 1.41. The molecule has 0 saturated carbocycles. The van der Waals surface area contributed by atoms with Gasteiger partial charge in [-0.3, -0.25) is 9.59 Å². The maximum Gasteiger partial charge on any atom is 0.258 e. The van der Waals surface area contributed by atoms with E-state index in [1.165, 1.54) is 6.92 Å². The lowest BCUT2D eigenvalue weighted by Crippen LogP contribution is -2.31. The van der Waals surface area contributed by atoms with Crippen LogP contribution in [0.4, 0.5) is 5.69 Å². The molecule has 0 aliphatic rings. The Kier molecular flexibility index (Phi) is 6.39. The third-order valence-electron chi connectivity index (χ3n) is 3.54. The third kappa shape index (κ3) is 5.24. The van der Waals surface area contributed by atoms with Crippen LogP contribution in [0.5, 0.6) is 11.5 Å². The summed E-state index contributed by atoms with van der Waals surface area (Å²) in [6.45, 7) is 3.13. The van der Waals surface area contributed by atoms with Crippen molar-refractivity contribution in [3.8, 4) is 11.5 Å². The first kappa shape index (κ1) is 18.3. The van der Waals surface area contributed by atoms with Crippen molar-refractivity contribution in [3.05, 3.63) is 54.1 Å². The first-order chi connectivity index (χ1) is 12.0. The fourth-order valence-corrected chi connectivity index (χ4v) is 2.41. The molecule has 0 bridgehead atoms. The van der Waals surface area contributed by atoms with E-state index in [0.29, 0.717) is 17.2 Å². The lowest BCUT2D eigenvalue weighted by Gasteiger charge is -2.18. The van der Waals surface area contributed by atoms with Crippen LogP contribution in [-0.4, -0.2) is 25.5 Å². The zero-order valence-corrected chi connectivity index (χ0v) is 14.5. The summed E-state index contributed by atoms with van der Waals surface area (Å²) in [7, 11) is 1.59. The minimum atomic E-state index is -0.268. The molecule has 132 valence electrons. The van der Waals surface area contributed by atoms with Gasteiger partial charge in [0.25, 0.3) is 5.91 Å². The molecular weight excluding hydrogens is 320 g/mol. The van der Waals surface area contributed by atoms with Crippen LogP contribution >= 0.6 is 0 Å². The number of amides is 2. The molecule has 1 unspecified atom stereocenters. The number of carbonyl (C=O) groups excluding carboxylic acids is 2. The molecule has 0 aliphatic carbocycles. The van der Waals surface area contributed by atoms with Crippen LogP contribution in [0, 0.1) is 0 Å². The average molecular weight is 342 g/mol. The summed E-state index contributed by atoms with van der Waals surface area (Å²) in [4.78, 5) is 23.4. The Morgan fingerprint density at radius 3 is 2.36 bits per heavy atom. The van der Waals surface area contributed by atoms with E-state index in [1.54, 1.807) is 31.4 Å². The number of para-hydroxylation sites is 3. The van der Waals surface area contributed by atoms with Crippen molar-refractivity contribution in [3.63, 3.8) is 0 Å². The van der Waals surface area contributed by atoms with Gasteiger partial charge in [0.15, 0.2) is 6.61 Å². The van der Waals surface area contributed by atoms with Crippen molar-refractivity contribution in [1.82, 2.24) is 5.32 Å². The Morgan fingerprint density at radius 1 is 1.04 bits per heavy atom. The molecule has 2 aromatic carbocycles. The zero-order valence-electron chi connectivity index (χ0n) is 14.5. The Hall–Kier alpha value is -3.02. The molecule has 0 aliphatic heterocycles. The van der Waals surface area contributed by atoms with Gasteiger partial charge in [0.1, 0.15) is 11.5 Å². The Labute approximate surface area is 147 Å². The maximum absolute atomic E-state index is 12.2. The Bertz CT molecular complexity index is 746. The number of hydrogen-bond donors (Lipinski definition) is 2. The van der Waals surface area contributed by atoms with Gasteiger partial charge in [-0.1, -0.05) is 30.3 Å². The van der Waals surface area contributed by atoms with Gasteiger partial charge in [-0.05, 0) is 25.1 Å². The Balaban J connectivity index is 1.96. The molecule has 0 heterocycles. The first-order valence-electron chi connectivity index (χ1n) is 7.93. The second kappa shape index (κ2) is 8.73. The van der Waals surface area contributed by atoms with Gasteiger partial charge >= 0.3 is 0 Å². The predicted octanol–water partition coefficient (Wildman–Crippen LogP) is 2.91. The van der Waals surface area contributed by atoms with Gasteiger partial charge in [0.2, 0.25) is 5.91 Å². The van der Waals surface area contributed by atoms with E-state index in [2.05, 4.69) is 10.6 Å². The first-order valence-corrected chi connectivity index (χ1v) is 7.93. The largest absolute Gasteiger partial charge is 0.496 e. The van der Waals surface area contributed by atoms with Gasteiger partial charge in [-0.2, -0.15) is 0 Å². The van der Waals surface area contributed by atoms with Crippen LogP contribution in [-0.2, 0) is 9.59 Å². The standard InChI is InChI=1S/C19H22N2O4/c1-13(15-8-4-6-10-17(15)24-3)20-19(23)12-25-18-11-7-5-9-16(18)21-14(2)22/h4-11,13H,12H2,1-3H3,(H,20,23)(H,21,22). The number of nitrogens with one attached hydrogen (secondary N) is 2. The van der Waals surface area contributed by atoms with Crippen molar-refractivity contribution in [2.24, 2.45) is 0 Å². The predicted molar refractivity (Wildman–Crippen MR) is 95.8 cm³/mol. The van der Waals surface area contributed by atoms with Gasteiger partial charge in [0, 0.05) is 12.5 Å². The fourth-order valence-electron chi connectivity index (χ4n) is 2.41. The molecule has 2 aromatic rings. The average Bonchev–Trinajstić information content (AvgIpc) is 2.60. The number of hydrogen-bond acceptors (Lipinski definition) is 4. The summed E-state index contributed by atoms with van der Waals surface area (Å²) >= 11 is 0. The van der Waals surface area contributed by atoms with Crippen molar-refractivity contribution >= 4 is 17.5 Å². The van der Waals surface area contributed by atoms with Crippen molar-refractivity contribution < 1.29 is 19.1 Å². The SMILES string of the molecule is COc1ccccc1C(C)NC(=O)COc1ccccc1NC(C)=O. The molecular formula is C19H22N2O4.